The van der Waals surface area contributed by atoms with E-state index in [4.69, 9.17) is 4.74 Å². The van der Waals surface area contributed by atoms with E-state index < -0.39 is 5.54 Å². The summed E-state index contributed by atoms with van der Waals surface area (Å²) in [4.78, 5) is 16.9. The number of hydrogen-bond acceptors (Lipinski definition) is 4. The Bertz CT molecular complexity index is 681. The number of nitrogens with zero attached hydrogens (tertiary/aromatic N) is 1. The van der Waals surface area contributed by atoms with E-state index in [9.17, 15) is 4.79 Å². The molecule has 1 atom stereocenters. The summed E-state index contributed by atoms with van der Waals surface area (Å²) in [5.41, 5.74) is 1.11. The molecule has 3 nitrogen and oxygen atoms in total. The third kappa shape index (κ3) is 3.27. The zero-order valence-electron chi connectivity index (χ0n) is 14.2. The number of ketones is 1. The summed E-state index contributed by atoms with van der Waals surface area (Å²) in [6, 6.07) is 17.9. The van der Waals surface area contributed by atoms with Gasteiger partial charge in [-0.2, -0.15) is 0 Å². The summed E-state index contributed by atoms with van der Waals surface area (Å²) in [5.74, 6) is 0.141. The number of hydrogen-bond donors (Lipinski definition) is 0. The maximum atomic E-state index is 13.4. The van der Waals surface area contributed by atoms with Crippen molar-refractivity contribution in [3.8, 4) is 0 Å². The van der Waals surface area contributed by atoms with Gasteiger partial charge in [-0.15, -0.1) is 11.8 Å². The van der Waals surface area contributed by atoms with Gasteiger partial charge in [-0.1, -0.05) is 42.5 Å². The Kier molecular flexibility index (Phi) is 5.39. The largest absolute Gasteiger partial charge is 0.379 e. The minimum absolute atomic E-state index is 0.141. The Hall–Kier alpha value is -1.62. The number of Topliss-reactive ketones (excluding diaryl/α,β-unsaturated/α-hetero) is 1. The molecule has 0 amide bonds. The topological polar surface area (TPSA) is 29.5 Å². The van der Waals surface area contributed by atoms with Crippen LogP contribution in [-0.4, -0.2) is 43.2 Å². The van der Waals surface area contributed by atoms with E-state index in [0.717, 1.165) is 24.2 Å². The lowest BCUT2D eigenvalue weighted by atomic mass is 9.82. The molecule has 1 unspecified atom stereocenters. The molecule has 2 aromatic rings. The summed E-state index contributed by atoms with van der Waals surface area (Å²) < 4.78 is 5.50. The first-order chi connectivity index (χ1) is 11.7. The van der Waals surface area contributed by atoms with Gasteiger partial charge >= 0.3 is 0 Å². The Labute approximate surface area is 148 Å². The summed E-state index contributed by atoms with van der Waals surface area (Å²) in [6.07, 6.45) is 2.06. The van der Waals surface area contributed by atoms with Crippen molar-refractivity contribution in [3.05, 3.63) is 65.7 Å². The molecule has 1 aliphatic rings. The van der Waals surface area contributed by atoms with Gasteiger partial charge in [-0.3, -0.25) is 9.69 Å². The molecular formula is C20H23NO2S. The average Bonchev–Trinajstić information content (AvgIpc) is 2.68. The second kappa shape index (κ2) is 7.51. The number of carbonyl (C=O) groups excluding carboxylic acids is 1. The molecular weight excluding hydrogens is 318 g/mol. The molecule has 1 aliphatic heterocycles. The van der Waals surface area contributed by atoms with Crippen LogP contribution in [0.2, 0.25) is 0 Å². The molecule has 126 valence electrons. The van der Waals surface area contributed by atoms with Crippen molar-refractivity contribution in [2.24, 2.45) is 0 Å². The molecule has 0 saturated carbocycles. The van der Waals surface area contributed by atoms with Crippen molar-refractivity contribution in [2.75, 3.05) is 32.6 Å². The van der Waals surface area contributed by atoms with Crippen LogP contribution in [0.1, 0.15) is 22.8 Å². The van der Waals surface area contributed by atoms with Gasteiger partial charge in [0, 0.05) is 23.5 Å². The second-order valence-electron chi connectivity index (χ2n) is 6.10. The van der Waals surface area contributed by atoms with Crippen LogP contribution < -0.4 is 0 Å². The van der Waals surface area contributed by atoms with Gasteiger partial charge in [0.05, 0.1) is 13.2 Å². The average molecular weight is 341 g/mol. The molecule has 0 bridgehead atoms. The standard InChI is InChI=1S/C20H23NO2S/c1-20(21-12-14-23-15-13-21,17-8-10-18(24-2)11-9-17)19(22)16-6-4-3-5-7-16/h3-11H,12-15H2,1-2H3. The van der Waals surface area contributed by atoms with Crippen molar-refractivity contribution in [3.63, 3.8) is 0 Å². The highest BCUT2D eigenvalue weighted by Gasteiger charge is 2.41. The van der Waals surface area contributed by atoms with E-state index in [1.807, 2.05) is 37.3 Å². The van der Waals surface area contributed by atoms with E-state index in [0.29, 0.717) is 13.2 Å². The van der Waals surface area contributed by atoms with Crippen molar-refractivity contribution < 1.29 is 9.53 Å². The lowest BCUT2D eigenvalue weighted by molar-refractivity contribution is -0.0111. The zero-order chi connectivity index (χ0) is 17.0. The molecule has 1 fully saturated rings. The quantitative estimate of drug-likeness (QED) is 0.610. The lowest BCUT2D eigenvalue weighted by Gasteiger charge is -2.42. The minimum atomic E-state index is -0.679. The third-order valence-corrected chi connectivity index (χ3v) is 5.52. The molecule has 1 heterocycles. The fraction of sp³-hybridized carbons (Fsp3) is 0.350. The molecule has 3 rings (SSSR count). The highest BCUT2D eigenvalue weighted by atomic mass is 32.2. The number of thioether (sulfide) groups is 1. The highest BCUT2D eigenvalue weighted by molar-refractivity contribution is 7.98. The van der Waals surface area contributed by atoms with Crippen LogP contribution in [0, 0.1) is 0 Å². The summed E-state index contributed by atoms with van der Waals surface area (Å²) in [7, 11) is 0. The van der Waals surface area contributed by atoms with Crippen molar-refractivity contribution >= 4 is 17.5 Å². The maximum absolute atomic E-state index is 13.4. The van der Waals surface area contributed by atoms with Crippen LogP contribution in [0.4, 0.5) is 0 Å². The van der Waals surface area contributed by atoms with Crippen molar-refractivity contribution in [2.45, 2.75) is 17.4 Å². The predicted molar refractivity (Wildman–Crippen MR) is 98.7 cm³/mol. The van der Waals surface area contributed by atoms with E-state index >= 15 is 0 Å². The van der Waals surface area contributed by atoms with Crippen molar-refractivity contribution in [1.82, 2.24) is 4.90 Å². The lowest BCUT2D eigenvalue weighted by Crippen LogP contribution is -2.54. The fourth-order valence-corrected chi connectivity index (χ4v) is 3.66. The van der Waals surface area contributed by atoms with Gasteiger partial charge in [0.25, 0.3) is 0 Å². The molecule has 1 saturated heterocycles. The number of rotatable bonds is 5. The molecule has 0 aromatic heterocycles. The van der Waals surface area contributed by atoms with Gasteiger partial charge in [0.2, 0.25) is 0 Å². The summed E-state index contributed by atoms with van der Waals surface area (Å²) in [6.45, 7) is 4.90. The molecule has 0 N–H and O–H groups in total. The first-order valence-electron chi connectivity index (χ1n) is 8.23. The molecule has 0 radical (unpaired) electrons. The van der Waals surface area contributed by atoms with Gasteiger partial charge < -0.3 is 4.74 Å². The molecule has 2 aromatic carbocycles. The molecule has 0 aliphatic carbocycles. The Morgan fingerprint density at radius 2 is 1.67 bits per heavy atom. The van der Waals surface area contributed by atoms with Gasteiger partial charge in [-0.25, -0.2) is 0 Å². The van der Waals surface area contributed by atoms with Gasteiger partial charge in [0.15, 0.2) is 5.78 Å². The van der Waals surface area contributed by atoms with Crippen LogP contribution in [0.25, 0.3) is 0 Å². The zero-order valence-corrected chi connectivity index (χ0v) is 15.0. The summed E-state index contributed by atoms with van der Waals surface area (Å²) in [5, 5.41) is 0. The maximum Gasteiger partial charge on any atom is 0.187 e. The van der Waals surface area contributed by atoms with Crippen LogP contribution >= 0.6 is 11.8 Å². The number of ether oxygens (including phenoxy) is 1. The molecule has 4 heteroatoms. The second-order valence-corrected chi connectivity index (χ2v) is 6.97. The van der Waals surface area contributed by atoms with Crippen LogP contribution in [0.15, 0.2) is 59.5 Å². The van der Waals surface area contributed by atoms with Crippen LogP contribution in [0.5, 0.6) is 0 Å². The highest BCUT2D eigenvalue weighted by Crippen LogP contribution is 2.34. The first-order valence-corrected chi connectivity index (χ1v) is 9.46. The Balaban J connectivity index is 2.03. The normalized spacial score (nSPS) is 18.1. The van der Waals surface area contributed by atoms with Crippen molar-refractivity contribution in [1.29, 1.82) is 0 Å². The predicted octanol–water partition coefficient (Wildman–Crippen LogP) is 3.84. The summed E-state index contributed by atoms with van der Waals surface area (Å²) >= 11 is 1.71. The fourth-order valence-electron chi connectivity index (χ4n) is 3.25. The van der Waals surface area contributed by atoms with E-state index in [1.165, 1.54) is 4.90 Å². The minimum Gasteiger partial charge on any atom is -0.379 e. The Morgan fingerprint density at radius 3 is 2.25 bits per heavy atom. The van der Waals surface area contributed by atoms with Crippen LogP contribution in [0.3, 0.4) is 0 Å². The Morgan fingerprint density at radius 1 is 1.04 bits per heavy atom. The number of benzene rings is 2. The monoisotopic (exact) mass is 341 g/mol. The first kappa shape index (κ1) is 17.2. The van der Waals surface area contributed by atoms with E-state index in [-0.39, 0.29) is 5.78 Å². The van der Waals surface area contributed by atoms with E-state index in [1.54, 1.807) is 11.8 Å². The molecule has 0 spiro atoms. The molecule has 24 heavy (non-hydrogen) atoms. The van der Waals surface area contributed by atoms with Gasteiger partial charge in [0.1, 0.15) is 5.54 Å². The van der Waals surface area contributed by atoms with E-state index in [2.05, 4.69) is 35.4 Å². The SMILES string of the molecule is CSc1ccc(C(C)(C(=O)c2ccccc2)N2CCOCC2)cc1. The van der Waals surface area contributed by atoms with Gasteiger partial charge in [-0.05, 0) is 30.9 Å². The third-order valence-electron chi connectivity index (χ3n) is 4.77. The number of morpholine rings is 1. The van der Waals surface area contributed by atoms with Crippen LogP contribution in [-0.2, 0) is 10.3 Å². The number of carbonyl (C=O) groups is 1. The smallest absolute Gasteiger partial charge is 0.187 e.